The number of hydrogen-bond donors (Lipinski definition) is 1. The minimum Gasteiger partial charge on any atom is -0.485 e. The Kier molecular flexibility index (Phi) is 6.28. The van der Waals surface area contributed by atoms with Crippen LogP contribution in [-0.4, -0.2) is 53.7 Å². The van der Waals surface area contributed by atoms with Gasteiger partial charge >= 0.3 is 5.97 Å². The maximum absolute atomic E-state index is 11.0. The van der Waals surface area contributed by atoms with E-state index in [9.17, 15) is 4.79 Å². The zero-order valence-corrected chi connectivity index (χ0v) is 18.5. The maximum atomic E-state index is 11.0. The Morgan fingerprint density at radius 2 is 1.33 bits per heavy atom. The Morgan fingerprint density at radius 3 is 1.91 bits per heavy atom. The predicted octanol–water partition coefficient (Wildman–Crippen LogP) is 4.22. The van der Waals surface area contributed by atoms with Gasteiger partial charge in [-0.1, -0.05) is 48.5 Å². The number of rotatable bonds is 6. The number of carboxylic acid groups (broad SMARTS) is 1. The van der Waals surface area contributed by atoms with E-state index in [1.165, 1.54) is 5.56 Å². The van der Waals surface area contributed by atoms with Crippen molar-refractivity contribution < 1.29 is 19.4 Å². The van der Waals surface area contributed by atoms with Gasteiger partial charge in [0.15, 0.2) is 17.6 Å². The summed E-state index contributed by atoms with van der Waals surface area (Å²) in [6.07, 6.45) is -0.0814. The lowest BCUT2D eigenvalue weighted by molar-refractivity contribution is 0.0697. The number of para-hydroxylation sites is 2. The average molecular weight is 445 g/mol. The molecule has 2 aliphatic rings. The zero-order chi connectivity index (χ0) is 22.6. The lowest BCUT2D eigenvalue weighted by Gasteiger charge is -2.34. The van der Waals surface area contributed by atoms with Crippen LogP contribution in [-0.2, 0) is 13.1 Å². The molecule has 0 bridgehead atoms. The van der Waals surface area contributed by atoms with Gasteiger partial charge in [-0.05, 0) is 41.0 Å². The molecule has 0 radical (unpaired) electrons. The van der Waals surface area contributed by atoms with Crippen molar-refractivity contribution in [2.75, 3.05) is 32.8 Å². The lowest BCUT2D eigenvalue weighted by atomic mass is 10.1. The summed E-state index contributed by atoms with van der Waals surface area (Å²) in [5, 5.41) is 9.04. The average Bonchev–Trinajstić information content (AvgIpc) is 2.86. The van der Waals surface area contributed by atoms with Crippen LogP contribution in [0.25, 0.3) is 0 Å². The highest BCUT2D eigenvalue weighted by Gasteiger charge is 2.22. The van der Waals surface area contributed by atoms with Crippen LogP contribution in [0, 0.1) is 0 Å². The van der Waals surface area contributed by atoms with E-state index in [1.807, 2.05) is 36.4 Å². The lowest BCUT2D eigenvalue weighted by Crippen LogP contribution is -2.45. The van der Waals surface area contributed by atoms with Crippen molar-refractivity contribution in [1.82, 2.24) is 9.80 Å². The summed E-state index contributed by atoms with van der Waals surface area (Å²) >= 11 is 0. The molecular formula is C27H28N2O4. The van der Waals surface area contributed by atoms with Gasteiger partial charge in [-0.15, -0.1) is 0 Å². The molecule has 5 rings (SSSR count). The number of carboxylic acids is 1. The molecule has 0 spiro atoms. The second kappa shape index (κ2) is 9.65. The minimum absolute atomic E-state index is 0.0814. The predicted molar refractivity (Wildman–Crippen MR) is 126 cm³/mol. The molecule has 1 saturated heterocycles. The van der Waals surface area contributed by atoms with Crippen molar-refractivity contribution in [2.45, 2.75) is 19.2 Å². The molecule has 3 aromatic rings. The van der Waals surface area contributed by atoms with Gasteiger partial charge in [0.25, 0.3) is 0 Å². The molecule has 2 heterocycles. The molecule has 33 heavy (non-hydrogen) atoms. The van der Waals surface area contributed by atoms with Gasteiger partial charge in [0.05, 0.1) is 5.56 Å². The topological polar surface area (TPSA) is 62.2 Å². The smallest absolute Gasteiger partial charge is 0.335 e. The minimum atomic E-state index is -0.881. The first-order valence-electron chi connectivity index (χ1n) is 11.4. The second-order valence-corrected chi connectivity index (χ2v) is 8.66. The van der Waals surface area contributed by atoms with E-state index in [4.69, 9.17) is 14.6 Å². The quantitative estimate of drug-likeness (QED) is 0.615. The van der Waals surface area contributed by atoms with Crippen molar-refractivity contribution >= 4 is 5.97 Å². The number of aromatic carboxylic acids is 1. The fourth-order valence-electron chi connectivity index (χ4n) is 4.40. The Bertz CT molecular complexity index is 1090. The van der Waals surface area contributed by atoms with Crippen molar-refractivity contribution in [3.05, 3.63) is 95.1 Å². The van der Waals surface area contributed by atoms with Crippen molar-refractivity contribution in [3.63, 3.8) is 0 Å². The highest BCUT2D eigenvalue weighted by molar-refractivity contribution is 5.87. The zero-order valence-electron chi connectivity index (χ0n) is 18.5. The third-order valence-electron chi connectivity index (χ3n) is 6.34. The fraction of sp³-hybridized carbons (Fsp3) is 0.296. The molecule has 0 unspecified atom stereocenters. The van der Waals surface area contributed by atoms with Crippen LogP contribution < -0.4 is 9.47 Å². The highest BCUT2D eigenvalue weighted by Crippen LogP contribution is 2.35. The summed E-state index contributed by atoms with van der Waals surface area (Å²) in [7, 11) is 0. The van der Waals surface area contributed by atoms with Gasteiger partial charge in [0.2, 0.25) is 0 Å². The second-order valence-electron chi connectivity index (χ2n) is 8.66. The van der Waals surface area contributed by atoms with Crippen molar-refractivity contribution in [2.24, 2.45) is 0 Å². The third kappa shape index (κ3) is 5.18. The molecule has 0 amide bonds. The molecule has 3 aromatic carbocycles. The number of nitrogens with zero attached hydrogens (tertiary/aromatic N) is 2. The first-order valence-corrected chi connectivity index (χ1v) is 11.4. The summed E-state index contributed by atoms with van der Waals surface area (Å²) in [5.41, 5.74) is 3.92. The fourth-order valence-corrected chi connectivity index (χ4v) is 4.40. The Balaban J connectivity index is 1.10. The number of benzene rings is 3. The van der Waals surface area contributed by atoms with Gasteiger partial charge in [0.1, 0.15) is 6.61 Å². The van der Waals surface area contributed by atoms with E-state index in [0.717, 1.165) is 61.9 Å². The van der Waals surface area contributed by atoms with Gasteiger partial charge in [-0.25, -0.2) is 4.79 Å². The SMILES string of the molecule is O=C(O)c1ccc(CN2CCN(Cc3ccc([C@H]4COc5ccccc5O4)cc3)CC2)cc1. The first-order chi connectivity index (χ1) is 16.1. The number of hydrogen-bond acceptors (Lipinski definition) is 5. The molecule has 0 saturated carbocycles. The molecular weight excluding hydrogens is 416 g/mol. The molecule has 1 fully saturated rings. The standard InChI is InChI=1S/C27H28N2O4/c30-27(31)23-11-7-21(8-12-23)18-29-15-13-28(14-16-29)17-20-5-9-22(10-6-20)26-19-32-24-3-1-2-4-25(24)33-26/h1-12,26H,13-19H2,(H,30,31)/t26-/m1/s1. The van der Waals surface area contributed by atoms with E-state index in [2.05, 4.69) is 34.1 Å². The molecule has 2 aliphatic heterocycles. The summed E-state index contributed by atoms with van der Waals surface area (Å²) < 4.78 is 12.0. The molecule has 1 N–H and O–H groups in total. The van der Waals surface area contributed by atoms with E-state index >= 15 is 0 Å². The number of carbonyl (C=O) groups is 1. The van der Waals surface area contributed by atoms with Crippen LogP contribution in [0.4, 0.5) is 0 Å². The van der Waals surface area contributed by atoms with Crippen LogP contribution in [0.15, 0.2) is 72.8 Å². The summed E-state index contributed by atoms with van der Waals surface area (Å²) in [4.78, 5) is 15.9. The number of piperazine rings is 1. The molecule has 170 valence electrons. The van der Waals surface area contributed by atoms with Gasteiger partial charge in [-0.2, -0.15) is 0 Å². The van der Waals surface area contributed by atoms with Crippen LogP contribution >= 0.6 is 0 Å². The van der Waals surface area contributed by atoms with Gasteiger partial charge in [-0.3, -0.25) is 9.80 Å². The Hall–Kier alpha value is -3.35. The summed E-state index contributed by atoms with van der Waals surface area (Å²) in [6, 6.07) is 23.7. The van der Waals surface area contributed by atoms with Gasteiger partial charge in [0, 0.05) is 39.3 Å². The molecule has 0 aromatic heterocycles. The highest BCUT2D eigenvalue weighted by atomic mass is 16.6. The van der Waals surface area contributed by atoms with Crippen LogP contribution in [0.2, 0.25) is 0 Å². The third-order valence-corrected chi connectivity index (χ3v) is 6.34. The van der Waals surface area contributed by atoms with E-state index < -0.39 is 5.97 Å². The molecule has 0 aliphatic carbocycles. The summed E-state index contributed by atoms with van der Waals surface area (Å²) in [5.74, 6) is 0.725. The van der Waals surface area contributed by atoms with Crippen molar-refractivity contribution in [3.8, 4) is 11.5 Å². The Morgan fingerprint density at radius 1 is 0.788 bits per heavy atom. The van der Waals surface area contributed by atoms with Crippen LogP contribution in [0.5, 0.6) is 11.5 Å². The number of fused-ring (bicyclic) bond motifs is 1. The first kappa shape index (κ1) is 21.5. The van der Waals surface area contributed by atoms with E-state index in [0.29, 0.717) is 12.2 Å². The monoisotopic (exact) mass is 444 g/mol. The van der Waals surface area contributed by atoms with E-state index in [1.54, 1.807) is 12.1 Å². The molecule has 6 heteroatoms. The van der Waals surface area contributed by atoms with Gasteiger partial charge < -0.3 is 14.6 Å². The Labute approximate surface area is 194 Å². The normalized spacial score (nSPS) is 18.7. The van der Waals surface area contributed by atoms with E-state index in [-0.39, 0.29) is 6.10 Å². The molecule has 6 nitrogen and oxygen atoms in total. The van der Waals surface area contributed by atoms with Crippen molar-refractivity contribution in [1.29, 1.82) is 0 Å². The van der Waals surface area contributed by atoms with Crippen LogP contribution in [0.3, 0.4) is 0 Å². The summed E-state index contributed by atoms with van der Waals surface area (Å²) in [6.45, 7) is 6.37. The number of ether oxygens (including phenoxy) is 2. The molecule has 1 atom stereocenters. The maximum Gasteiger partial charge on any atom is 0.335 e. The van der Waals surface area contributed by atoms with Crippen LogP contribution in [0.1, 0.15) is 33.2 Å². The largest absolute Gasteiger partial charge is 0.485 e.